The van der Waals surface area contributed by atoms with E-state index in [1.54, 1.807) is 6.07 Å². The van der Waals surface area contributed by atoms with Crippen LogP contribution in [0.15, 0.2) is 30.0 Å². The number of rotatable bonds is 1. The van der Waals surface area contributed by atoms with Gasteiger partial charge in [-0.25, -0.2) is 0 Å². The van der Waals surface area contributed by atoms with Gasteiger partial charge in [0.1, 0.15) is 5.78 Å². The maximum atomic E-state index is 12.8. The Balaban J connectivity index is 2.34. The van der Waals surface area contributed by atoms with Crippen LogP contribution in [0.25, 0.3) is 6.08 Å². The van der Waals surface area contributed by atoms with Crippen molar-refractivity contribution < 1.29 is 18.0 Å². The maximum Gasteiger partial charge on any atom is 0.416 e. The summed E-state index contributed by atoms with van der Waals surface area (Å²) in [6.07, 6.45) is -2.38. The quantitative estimate of drug-likeness (QED) is 0.835. The lowest BCUT2D eigenvalue weighted by Crippen LogP contribution is -2.25. The van der Waals surface area contributed by atoms with Gasteiger partial charge < -0.3 is 5.32 Å². The van der Waals surface area contributed by atoms with Crippen LogP contribution in [0.3, 0.4) is 0 Å². The van der Waals surface area contributed by atoms with E-state index >= 15 is 0 Å². The molecule has 0 unspecified atom stereocenters. The first-order valence-electron chi connectivity index (χ1n) is 5.59. The van der Waals surface area contributed by atoms with Gasteiger partial charge in [0, 0.05) is 25.1 Å². The van der Waals surface area contributed by atoms with Gasteiger partial charge in [0.25, 0.3) is 0 Å². The van der Waals surface area contributed by atoms with Crippen LogP contribution in [0.2, 0.25) is 0 Å². The van der Waals surface area contributed by atoms with Crippen molar-refractivity contribution in [2.75, 3.05) is 6.54 Å². The summed E-state index contributed by atoms with van der Waals surface area (Å²) in [7, 11) is 0. The van der Waals surface area contributed by atoms with Gasteiger partial charge in [-0.3, -0.25) is 4.79 Å². The molecule has 1 N–H and O–H groups in total. The van der Waals surface area contributed by atoms with Gasteiger partial charge in [-0.05, 0) is 17.7 Å². The number of allylic oxidation sites excluding steroid dienone is 1. The van der Waals surface area contributed by atoms with E-state index in [0.29, 0.717) is 18.7 Å². The summed E-state index contributed by atoms with van der Waals surface area (Å²) in [6, 6.07) is 5.34. The molecule has 1 aromatic carbocycles. The SMILES string of the molecule is O=C1CCNC(=Cc2ccccc2C(F)(F)F)C1. The number of benzene rings is 1. The third-order valence-electron chi connectivity index (χ3n) is 2.74. The summed E-state index contributed by atoms with van der Waals surface area (Å²) in [6.45, 7) is 0.485. The largest absolute Gasteiger partial charge is 0.416 e. The molecule has 18 heavy (non-hydrogen) atoms. The first-order valence-corrected chi connectivity index (χ1v) is 5.59. The van der Waals surface area contributed by atoms with E-state index in [-0.39, 0.29) is 17.8 Å². The second-order valence-corrected chi connectivity index (χ2v) is 4.15. The molecule has 0 atom stereocenters. The molecule has 0 radical (unpaired) electrons. The Morgan fingerprint density at radius 2 is 1.94 bits per heavy atom. The summed E-state index contributed by atoms with van der Waals surface area (Å²) in [5.74, 6) is 0.0458. The number of piperidine rings is 1. The number of alkyl halides is 3. The molecule has 1 aliphatic rings. The predicted octanol–water partition coefficient (Wildman–Crippen LogP) is 3.00. The number of hydrogen-bond acceptors (Lipinski definition) is 2. The molecule has 0 spiro atoms. The predicted molar refractivity (Wildman–Crippen MR) is 61.7 cm³/mol. The number of carbonyl (C=O) groups is 1. The zero-order valence-electron chi connectivity index (χ0n) is 9.55. The molecule has 2 rings (SSSR count). The zero-order chi connectivity index (χ0) is 13.2. The lowest BCUT2D eigenvalue weighted by Gasteiger charge is -2.17. The molecule has 0 amide bonds. The molecule has 1 saturated heterocycles. The highest BCUT2D eigenvalue weighted by Gasteiger charge is 2.32. The van der Waals surface area contributed by atoms with Crippen molar-refractivity contribution in [1.29, 1.82) is 0 Å². The summed E-state index contributed by atoms with van der Waals surface area (Å²) in [5.41, 5.74) is -0.0533. The Morgan fingerprint density at radius 1 is 1.22 bits per heavy atom. The lowest BCUT2D eigenvalue weighted by atomic mass is 10.0. The van der Waals surface area contributed by atoms with Crippen LogP contribution >= 0.6 is 0 Å². The third-order valence-corrected chi connectivity index (χ3v) is 2.74. The Morgan fingerprint density at radius 3 is 2.61 bits per heavy atom. The van der Waals surface area contributed by atoms with Gasteiger partial charge in [-0.15, -0.1) is 0 Å². The van der Waals surface area contributed by atoms with Crippen LogP contribution in [-0.4, -0.2) is 12.3 Å². The van der Waals surface area contributed by atoms with E-state index in [2.05, 4.69) is 5.32 Å². The second-order valence-electron chi connectivity index (χ2n) is 4.15. The molecule has 5 heteroatoms. The Labute approximate surface area is 102 Å². The number of Topliss-reactive ketones (excluding diaryl/α,β-unsaturated/α-hetero) is 1. The third kappa shape index (κ3) is 2.91. The van der Waals surface area contributed by atoms with Crippen molar-refractivity contribution in [1.82, 2.24) is 5.32 Å². The summed E-state index contributed by atoms with van der Waals surface area (Å²) in [4.78, 5) is 11.2. The topological polar surface area (TPSA) is 29.1 Å². The van der Waals surface area contributed by atoms with E-state index in [1.165, 1.54) is 18.2 Å². The molecule has 0 bridgehead atoms. The summed E-state index contributed by atoms with van der Waals surface area (Å²) < 4.78 is 38.3. The van der Waals surface area contributed by atoms with Crippen LogP contribution < -0.4 is 5.32 Å². The molecule has 0 aromatic heterocycles. The molecule has 1 aromatic rings. The van der Waals surface area contributed by atoms with Crippen LogP contribution in [0, 0.1) is 0 Å². The van der Waals surface area contributed by atoms with Crippen LogP contribution in [0.4, 0.5) is 13.2 Å². The zero-order valence-corrected chi connectivity index (χ0v) is 9.55. The van der Waals surface area contributed by atoms with E-state index < -0.39 is 11.7 Å². The minimum Gasteiger partial charge on any atom is -0.388 e. The molecule has 96 valence electrons. The van der Waals surface area contributed by atoms with E-state index in [1.807, 2.05) is 0 Å². The monoisotopic (exact) mass is 255 g/mol. The van der Waals surface area contributed by atoms with E-state index in [9.17, 15) is 18.0 Å². The smallest absolute Gasteiger partial charge is 0.388 e. The van der Waals surface area contributed by atoms with Crippen molar-refractivity contribution in [3.63, 3.8) is 0 Å². The average molecular weight is 255 g/mol. The van der Waals surface area contributed by atoms with E-state index in [4.69, 9.17) is 0 Å². The number of nitrogens with one attached hydrogen (secondary N) is 1. The molecular formula is C13H12F3NO. The minimum absolute atomic E-state index is 0.0458. The molecule has 1 aliphatic heterocycles. The first-order chi connectivity index (χ1) is 8.47. The molecular weight excluding hydrogens is 243 g/mol. The van der Waals surface area contributed by atoms with Crippen molar-refractivity contribution in [2.45, 2.75) is 19.0 Å². The van der Waals surface area contributed by atoms with Crippen molar-refractivity contribution in [2.24, 2.45) is 0 Å². The van der Waals surface area contributed by atoms with Crippen molar-refractivity contribution in [3.8, 4) is 0 Å². The molecule has 0 saturated carbocycles. The van der Waals surface area contributed by atoms with Gasteiger partial charge in [0.15, 0.2) is 0 Å². The van der Waals surface area contributed by atoms with Crippen LogP contribution in [-0.2, 0) is 11.0 Å². The number of carbonyl (C=O) groups excluding carboxylic acids is 1. The fourth-order valence-corrected chi connectivity index (χ4v) is 1.90. The first kappa shape index (κ1) is 12.7. The van der Waals surface area contributed by atoms with Gasteiger partial charge >= 0.3 is 6.18 Å². The van der Waals surface area contributed by atoms with E-state index in [0.717, 1.165) is 6.07 Å². The summed E-state index contributed by atoms with van der Waals surface area (Å²) >= 11 is 0. The Hall–Kier alpha value is -1.78. The highest BCUT2D eigenvalue weighted by molar-refractivity contribution is 5.83. The number of halogens is 3. The molecule has 2 nitrogen and oxygen atoms in total. The minimum atomic E-state index is -4.38. The number of ketones is 1. The second kappa shape index (κ2) is 4.84. The van der Waals surface area contributed by atoms with Gasteiger partial charge in [-0.1, -0.05) is 18.2 Å². The van der Waals surface area contributed by atoms with Gasteiger partial charge in [0.2, 0.25) is 0 Å². The van der Waals surface area contributed by atoms with Gasteiger partial charge in [0.05, 0.1) is 5.56 Å². The van der Waals surface area contributed by atoms with Crippen molar-refractivity contribution in [3.05, 3.63) is 41.1 Å². The molecule has 1 fully saturated rings. The molecule has 0 aliphatic carbocycles. The highest BCUT2D eigenvalue weighted by atomic mass is 19.4. The summed E-state index contributed by atoms with van der Waals surface area (Å²) in [5, 5.41) is 2.95. The standard InChI is InChI=1S/C13H12F3NO/c14-13(15,16)12-4-2-1-3-9(12)7-10-8-11(18)5-6-17-10/h1-4,7,17H,5-6,8H2. The Bertz CT molecular complexity index is 491. The van der Waals surface area contributed by atoms with Crippen molar-refractivity contribution >= 4 is 11.9 Å². The average Bonchev–Trinajstić information content (AvgIpc) is 2.28. The maximum absolute atomic E-state index is 12.8. The lowest BCUT2D eigenvalue weighted by molar-refractivity contribution is -0.137. The normalized spacial score (nSPS) is 18.8. The highest BCUT2D eigenvalue weighted by Crippen LogP contribution is 2.32. The Kier molecular flexibility index (Phi) is 3.41. The van der Waals surface area contributed by atoms with Gasteiger partial charge in [-0.2, -0.15) is 13.2 Å². The molecule has 1 heterocycles. The van der Waals surface area contributed by atoms with Crippen LogP contribution in [0.1, 0.15) is 24.0 Å². The number of hydrogen-bond donors (Lipinski definition) is 1. The van der Waals surface area contributed by atoms with Crippen LogP contribution in [0.5, 0.6) is 0 Å². The fourth-order valence-electron chi connectivity index (χ4n) is 1.90. The fraction of sp³-hybridized carbons (Fsp3) is 0.308.